The molecule has 1 aliphatic rings. The maximum atomic E-state index is 11.7. The average Bonchev–Trinajstić information content (AvgIpc) is 2.52. The van der Waals surface area contributed by atoms with E-state index in [-0.39, 0.29) is 5.41 Å². The van der Waals surface area contributed by atoms with Crippen LogP contribution >= 0.6 is 0 Å². The van der Waals surface area contributed by atoms with Gasteiger partial charge in [-0.15, -0.1) is 0 Å². The van der Waals surface area contributed by atoms with E-state index in [0.29, 0.717) is 5.57 Å². The number of carbonyl (C=O) groups is 2. The predicted octanol–water partition coefficient (Wildman–Crippen LogP) is 4.47. The van der Waals surface area contributed by atoms with Crippen molar-refractivity contribution in [1.29, 1.82) is 0 Å². The van der Waals surface area contributed by atoms with E-state index in [1.54, 1.807) is 13.0 Å². The molecule has 26 heavy (non-hydrogen) atoms. The van der Waals surface area contributed by atoms with Gasteiger partial charge in [-0.25, -0.2) is 0 Å². The Morgan fingerprint density at radius 1 is 1.15 bits per heavy atom. The van der Waals surface area contributed by atoms with Gasteiger partial charge in [-0.2, -0.15) is 0 Å². The summed E-state index contributed by atoms with van der Waals surface area (Å²) in [5.41, 5.74) is 4.96. The third-order valence-corrected chi connectivity index (χ3v) is 4.92. The molecule has 3 nitrogen and oxygen atoms in total. The fraction of sp³-hybridized carbons (Fsp3) is 0.478. The molecule has 0 spiro atoms. The molecule has 0 N–H and O–H groups in total. The lowest BCUT2D eigenvalue weighted by Gasteiger charge is -2.32. The number of ketones is 1. The molecule has 0 saturated heterocycles. The second-order valence-electron chi connectivity index (χ2n) is 7.87. The van der Waals surface area contributed by atoms with Crippen molar-refractivity contribution >= 4 is 11.8 Å². The molecule has 0 heterocycles. The molecule has 3 heteroatoms. The number of hydrogen-bond acceptors (Lipinski definition) is 3. The Kier molecular flexibility index (Phi) is 8.01. The number of allylic oxidation sites excluding steroid dienone is 10. The fourth-order valence-electron chi connectivity index (χ4n) is 3.15. The van der Waals surface area contributed by atoms with Crippen LogP contribution in [0, 0.1) is 11.3 Å². The van der Waals surface area contributed by atoms with Gasteiger partial charge in [-0.1, -0.05) is 55.4 Å². The molecule has 0 fully saturated rings. The quantitative estimate of drug-likeness (QED) is 0.384. The molecule has 0 bridgehead atoms. The monoisotopic (exact) mass is 355 g/mol. The second kappa shape index (κ2) is 9.51. The molecule has 0 radical (unpaired) electrons. The van der Waals surface area contributed by atoms with Crippen molar-refractivity contribution in [3.05, 3.63) is 58.7 Å². The Morgan fingerprint density at radius 2 is 1.81 bits per heavy atom. The van der Waals surface area contributed by atoms with Crippen LogP contribution in [-0.4, -0.2) is 11.8 Å². The summed E-state index contributed by atoms with van der Waals surface area (Å²) in [7, 11) is 0. The van der Waals surface area contributed by atoms with E-state index in [2.05, 4.69) is 32.9 Å². The third kappa shape index (κ3) is 6.62. The van der Waals surface area contributed by atoms with Crippen molar-refractivity contribution in [2.75, 3.05) is 0 Å². The standard InChI is InChI=1S/C23H32O3/c1-16(12-13-20-18(3)11-8-14-23(20,5)6)9-7-10-17(2)15-21(24)19(4)22(25)26/h7,9-10,12-13,15,19H,8,11,14H2,1-6H3,(H,25,26)/p-1/b10-7+,13-12+,16-9+,17-15+. The Balaban J connectivity index is 2.78. The SMILES string of the molecule is CC1=C(/C=C/C(C)=C/C=C/C(C)=C/C(=O)C(C)C(=O)[O-])C(C)(C)CCC1. The third-order valence-electron chi connectivity index (χ3n) is 4.92. The van der Waals surface area contributed by atoms with Crippen LogP contribution in [0.3, 0.4) is 0 Å². The number of aliphatic carboxylic acids is 1. The van der Waals surface area contributed by atoms with Crippen molar-refractivity contribution in [2.24, 2.45) is 11.3 Å². The summed E-state index contributed by atoms with van der Waals surface area (Å²) in [4.78, 5) is 22.4. The highest BCUT2D eigenvalue weighted by Crippen LogP contribution is 2.40. The number of carboxylic acid groups (broad SMARTS) is 1. The lowest BCUT2D eigenvalue weighted by molar-refractivity contribution is -0.309. The van der Waals surface area contributed by atoms with E-state index in [9.17, 15) is 14.7 Å². The molecule has 0 aromatic rings. The van der Waals surface area contributed by atoms with Gasteiger partial charge in [0.15, 0.2) is 5.78 Å². The Hall–Kier alpha value is -2.16. The van der Waals surface area contributed by atoms with Crippen LogP contribution in [0.15, 0.2) is 58.7 Å². The number of hydrogen-bond donors (Lipinski definition) is 0. The van der Waals surface area contributed by atoms with Gasteiger partial charge in [0.05, 0.1) is 11.9 Å². The molecule has 1 atom stereocenters. The van der Waals surface area contributed by atoms with E-state index < -0.39 is 17.7 Å². The summed E-state index contributed by atoms with van der Waals surface area (Å²) in [6, 6.07) is 0. The second-order valence-corrected chi connectivity index (χ2v) is 7.87. The highest BCUT2D eigenvalue weighted by molar-refractivity contribution is 6.03. The van der Waals surface area contributed by atoms with Crippen molar-refractivity contribution < 1.29 is 14.7 Å². The van der Waals surface area contributed by atoms with Crippen LogP contribution in [0.2, 0.25) is 0 Å². The summed E-state index contributed by atoms with van der Waals surface area (Å²) in [6.07, 6.45) is 15.0. The zero-order valence-electron chi connectivity index (χ0n) is 16.9. The first-order chi connectivity index (χ1) is 12.0. The Bertz CT molecular complexity index is 697. The van der Waals surface area contributed by atoms with Crippen LogP contribution in [0.1, 0.15) is 60.8 Å². The lowest BCUT2D eigenvalue weighted by Crippen LogP contribution is -2.33. The minimum Gasteiger partial charge on any atom is -0.549 e. The summed E-state index contributed by atoms with van der Waals surface area (Å²) in [5.74, 6) is -2.91. The fourth-order valence-corrected chi connectivity index (χ4v) is 3.15. The maximum absolute atomic E-state index is 11.7. The van der Waals surface area contributed by atoms with Crippen molar-refractivity contribution in [3.63, 3.8) is 0 Å². The van der Waals surface area contributed by atoms with Crippen LogP contribution in [0.25, 0.3) is 0 Å². The molecule has 0 aromatic heterocycles. The lowest BCUT2D eigenvalue weighted by atomic mass is 9.72. The largest absolute Gasteiger partial charge is 0.549 e. The van der Waals surface area contributed by atoms with Gasteiger partial charge in [0.2, 0.25) is 0 Å². The zero-order valence-corrected chi connectivity index (χ0v) is 16.9. The van der Waals surface area contributed by atoms with Gasteiger partial charge in [0.25, 0.3) is 0 Å². The first-order valence-electron chi connectivity index (χ1n) is 9.21. The minimum absolute atomic E-state index is 0.227. The average molecular weight is 355 g/mol. The van der Waals surface area contributed by atoms with E-state index in [4.69, 9.17) is 0 Å². The molecular formula is C23H31O3-. The van der Waals surface area contributed by atoms with Crippen molar-refractivity contribution in [1.82, 2.24) is 0 Å². The number of carboxylic acids is 1. The van der Waals surface area contributed by atoms with Crippen LogP contribution in [0.4, 0.5) is 0 Å². The summed E-state index contributed by atoms with van der Waals surface area (Å²) >= 11 is 0. The number of carbonyl (C=O) groups excluding carboxylic acids is 2. The van der Waals surface area contributed by atoms with Crippen LogP contribution < -0.4 is 5.11 Å². The molecule has 1 unspecified atom stereocenters. The van der Waals surface area contributed by atoms with E-state index in [1.807, 2.05) is 19.1 Å². The molecule has 0 amide bonds. The van der Waals surface area contributed by atoms with E-state index in [1.165, 1.54) is 43.4 Å². The van der Waals surface area contributed by atoms with Gasteiger partial charge in [-0.05, 0) is 69.6 Å². The van der Waals surface area contributed by atoms with E-state index in [0.717, 1.165) is 5.57 Å². The van der Waals surface area contributed by atoms with Crippen LogP contribution in [0.5, 0.6) is 0 Å². The predicted molar refractivity (Wildman–Crippen MR) is 105 cm³/mol. The summed E-state index contributed by atoms with van der Waals surface area (Å²) in [6.45, 7) is 12.0. The van der Waals surface area contributed by atoms with Gasteiger partial charge in [0.1, 0.15) is 0 Å². The van der Waals surface area contributed by atoms with Crippen LogP contribution in [-0.2, 0) is 9.59 Å². The summed E-state index contributed by atoms with van der Waals surface area (Å²) in [5, 5.41) is 10.7. The van der Waals surface area contributed by atoms with E-state index >= 15 is 0 Å². The first-order valence-corrected chi connectivity index (χ1v) is 9.21. The molecule has 1 aliphatic carbocycles. The molecule has 1 rings (SSSR count). The maximum Gasteiger partial charge on any atom is 0.164 e. The van der Waals surface area contributed by atoms with Gasteiger partial charge in [-0.3, -0.25) is 4.79 Å². The van der Waals surface area contributed by atoms with Gasteiger partial charge in [0, 0.05) is 0 Å². The molecule has 142 valence electrons. The minimum atomic E-state index is -1.35. The molecular weight excluding hydrogens is 324 g/mol. The van der Waals surface area contributed by atoms with Gasteiger partial charge >= 0.3 is 0 Å². The Labute approximate surface area is 157 Å². The molecule has 0 aromatic carbocycles. The topological polar surface area (TPSA) is 57.2 Å². The van der Waals surface area contributed by atoms with Crippen molar-refractivity contribution in [3.8, 4) is 0 Å². The summed E-state index contributed by atoms with van der Waals surface area (Å²) < 4.78 is 0. The zero-order chi connectivity index (χ0) is 19.9. The molecule has 0 aliphatic heterocycles. The normalized spacial score (nSPS) is 20.1. The first kappa shape index (κ1) is 21.9. The molecule has 0 saturated carbocycles. The highest BCUT2D eigenvalue weighted by atomic mass is 16.4. The highest BCUT2D eigenvalue weighted by Gasteiger charge is 2.26. The smallest absolute Gasteiger partial charge is 0.164 e. The van der Waals surface area contributed by atoms with Gasteiger partial charge < -0.3 is 9.90 Å². The van der Waals surface area contributed by atoms with Crippen molar-refractivity contribution in [2.45, 2.75) is 60.8 Å². The Morgan fingerprint density at radius 3 is 2.38 bits per heavy atom. The number of rotatable bonds is 7.